The van der Waals surface area contributed by atoms with Crippen LogP contribution in [-0.2, 0) is 17.6 Å². The third-order valence-electron chi connectivity index (χ3n) is 4.03. The topological polar surface area (TPSA) is 49.4 Å². The van der Waals surface area contributed by atoms with Gasteiger partial charge in [0.2, 0.25) is 5.91 Å². The van der Waals surface area contributed by atoms with Crippen LogP contribution in [0.25, 0.3) is 0 Å². The molecule has 4 heteroatoms. The summed E-state index contributed by atoms with van der Waals surface area (Å²) < 4.78 is 0. The monoisotopic (exact) mass is 286 g/mol. The first-order valence-electron chi connectivity index (χ1n) is 7.64. The van der Waals surface area contributed by atoms with E-state index >= 15 is 0 Å². The molecule has 4 nitrogen and oxygen atoms in total. The third kappa shape index (κ3) is 2.67. The van der Waals surface area contributed by atoms with Gasteiger partial charge in [-0.15, -0.1) is 0 Å². The van der Waals surface area contributed by atoms with Crippen molar-refractivity contribution < 1.29 is 9.59 Å². The Bertz CT molecular complexity index is 597. The van der Waals surface area contributed by atoms with Gasteiger partial charge in [-0.3, -0.25) is 9.59 Å². The predicted octanol–water partition coefficient (Wildman–Crippen LogP) is 2.44. The standard InChI is InChI=1S/C17H22N2O2/c1-17(2,3)18-16(21)13-9-11-5-4-8-19-14(20)7-6-12(10-13)15(11)19/h9-10H,4-8H2,1-3H3,(H,18,21). The Kier molecular flexibility index (Phi) is 3.27. The average molecular weight is 286 g/mol. The second kappa shape index (κ2) is 4.86. The van der Waals surface area contributed by atoms with Crippen LogP contribution in [0.1, 0.15) is 55.1 Å². The van der Waals surface area contributed by atoms with Crippen molar-refractivity contribution in [2.75, 3.05) is 11.4 Å². The zero-order valence-electron chi connectivity index (χ0n) is 13.0. The molecule has 2 heterocycles. The van der Waals surface area contributed by atoms with E-state index in [-0.39, 0.29) is 17.4 Å². The molecule has 112 valence electrons. The van der Waals surface area contributed by atoms with Crippen LogP contribution in [0.3, 0.4) is 0 Å². The number of benzene rings is 1. The van der Waals surface area contributed by atoms with Gasteiger partial charge in [0.15, 0.2) is 0 Å². The van der Waals surface area contributed by atoms with E-state index in [0.717, 1.165) is 48.2 Å². The van der Waals surface area contributed by atoms with Crippen LogP contribution in [0.5, 0.6) is 0 Å². The van der Waals surface area contributed by atoms with Crippen LogP contribution in [0.15, 0.2) is 12.1 Å². The molecular weight excluding hydrogens is 264 g/mol. The van der Waals surface area contributed by atoms with Crippen LogP contribution < -0.4 is 10.2 Å². The lowest BCUT2D eigenvalue weighted by molar-refractivity contribution is -0.119. The average Bonchev–Trinajstić information content (AvgIpc) is 2.40. The highest BCUT2D eigenvalue weighted by atomic mass is 16.2. The molecule has 2 amide bonds. The number of anilines is 1. The lowest BCUT2D eigenvalue weighted by Gasteiger charge is -2.35. The van der Waals surface area contributed by atoms with Gasteiger partial charge < -0.3 is 10.2 Å². The number of carbonyl (C=O) groups excluding carboxylic acids is 2. The van der Waals surface area contributed by atoms with E-state index < -0.39 is 0 Å². The van der Waals surface area contributed by atoms with E-state index in [1.165, 1.54) is 0 Å². The highest BCUT2D eigenvalue weighted by Crippen LogP contribution is 2.36. The molecule has 1 N–H and O–H groups in total. The first-order chi connectivity index (χ1) is 9.85. The van der Waals surface area contributed by atoms with Gasteiger partial charge in [0.25, 0.3) is 5.91 Å². The molecule has 0 aliphatic carbocycles. The Hall–Kier alpha value is -1.84. The number of amides is 2. The van der Waals surface area contributed by atoms with Gasteiger partial charge in [-0.05, 0) is 63.3 Å². The van der Waals surface area contributed by atoms with E-state index in [1.807, 2.05) is 37.8 Å². The molecule has 0 radical (unpaired) electrons. The summed E-state index contributed by atoms with van der Waals surface area (Å²) in [6, 6.07) is 3.93. The number of nitrogens with one attached hydrogen (secondary N) is 1. The van der Waals surface area contributed by atoms with Gasteiger partial charge in [0, 0.05) is 24.1 Å². The quantitative estimate of drug-likeness (QED) is 0.862. The minimum atomic E-state index is -0.244. The van der Waals surface area contributed by atoms with Gasteiger partial charge in [0.05, 0.1) is 5.69 Å². The minimum absolute atomic E-state index is 0.0319. The minimum Gasteiger partial charge on any atom is -0.347 e. The van der Waals surface area contributed by atoms with Crippen LogP contribution in [0.4, 0.5) is 5.69 Å². The summed E-state index contributed by atoms with van der Waals surface area (Å²) >= 11 is 0. The molecule has 21 heavy (non-hydrogen) atoms. The molecule has 0 saturated carbocycles. The highest BCUT2D eigenvalue weighted by Gasteiger charge is 2.30. The largest absolute Gasteiger partial charge is 0.347 e. The Morgan fingerprint density at radius 3 is 2.48 bits per heavy atom. The maximum atomic E-state index is 12.4. The van der Waals surface area contributed by atoms with Crippen molar-refractivity contribution in [1.82, 2.24) is 5.32 Å². The van der Waals surface area contributed by atoms with Gasteiger partial charge in [-0.25, -0.2) is 0 Å². The smallest absolute Gasteiger partial charge is 0.251 e. The molecule has 2 aliphatic rings. The molecule has 2 aliphatic heterocycles. The fourth-order valence-corrected chi connectivity index (χ4v) is 3.20. The lowest BCUT2D eigenvalue weighted by atomic mass is 9.89. The van der Waals surface area contributed by atoms with Crippen LogP contribution in [0.2, 0.25) is 0 Å². The van der Waals surface area contributed by atoms with Gasteiger partial charge in [0.1, 0.15) is 0 Å². The highest BCUT2D eigenvalue weighted by molar-refractivity contribution is 6.00. The summed E-state index contributed by atoms with van der Waals surface area (Å²) in [5.74, 6) is 0.186. The first-order valence-corrected chi connectivity index (χ1v) is 7.64. The van der Waals surface area contributed by atoms with Crippen LogP contribution in [-0.4, -0.2) is 23.9 Å². The molecular formula is C17H22N2O2. The summed E-state index contributed by atoms with van der Waals surface area (Å²) in [6.45, 7) is 6.75. The van der Waals surface area contributed by atoms with Crippen molar-refractivity contribution in [3.63, 3.8) is 0 Å². The number of nitrogens with zero attached hydrogens (tertiary/aromatic N) is 1. The first kappa shape index (κ1) is 14.1. The van der Waals surface area contributed by atoms with E-state index in [4.69, 9.17) is 0 Å². The van der Waals surface area contributed by atoms with Crippen LogP contribution >= 0.6 is 0 Å². The van der Waals surface area contributed by atoms with E-state index in [2.05, 4.69) is 5.32 Å². The summed E-state index contributed by atoms with van der Waals surface area (Å²) in [7, 11) is 0. The molecule has 0 aromatic heterocycles. The Morgan fingerprint density at radius 1 is 1.14 bits per heavy atom. The van der Waals surface area contributed by atoms with E-state index in [9.17, 15) is 9.59 Å². The van der Waals surface area contributed by atoms with Crippen molar-refractivity contribution >= 4 is 17.5 Å². The van der Waals surface area contributed by atoms with Crippen molar-refractivity contribution in [1.29, 1.82) is 0 Å². The number of hydrogen-bond donors (Lipinski definition) is 1. The molecule has 0 atom stereocenters. The lowest BCUT2D eigenvalue weighted by Crippen LogP contribution is -2.41. The van der Waals surface area contributed by atoms with Crippen LogP contribution in [0, 0.1) is 0 Å². The Balaban J connectivity index is 2.00. The number of hydrogen-bond acceptors (Lipinski definition) is 2. The normalized spacial score (nSPS) is 17.5. The number of aryl methyl sites for hydroxylation is 2. The predicted molar refractivity (Wildman–Crippen MR) is 82.7 cm³/mol. The summed E-state index contributed by atoms with van der Waals surface area (Å²) in [6.07, 6.45) is 3.22. The summed E-state index contributed by atoms with van der Waals surface area (Å²) in [5.41, 5.74) is 3.84. The molecule has 0 bridgehead atoms. The van der Waals surface area contributed by atoms with Gasteiger partial charge >= 0.3 is 0 Å². The maximum Gasteiger partial charge on any atom is 0.251 e. The third-order valence-corrected chi connectivity index (χ3v) is 4.03. The molecule has 0 spiro atoms. The van der Waals surface area contributed by atoms with Crippen molar-refractivity contribution in [2.45, 2.75) is 52.0 Å². The number of rotatable bonds is 1. The molecule has 1 aromatic rings. The van der Waals surface area contributed by atoms with Gasteiger partial charge in [-0.1, -0.05) is 0 Å². The van der Waals surface area contributed by atoms with Crippen molar-refractivity contribution in [3.8, 4) is 0 Å². The second-order valence-corrected chi connectivity index (χ2v) is 7.00. The SMILES string of the molecule is CC(C)(C)NC(=O)c1cc2c3c(c1)CCC(=O)N3CCC2. The Labute approximate surface area is 125 Å². The van der Waals surface area contributed by atoms with Crippen molar-refractivity contribution in [3.05, 3.63) is 28.8 Å². The zero-order valence-corrected chi connectivity index (χ0v) is 13.0. The maximum absolute atomic E-state index is 12.4. The van der Waals surface area contributed by atoms with Crippen molar-refractivity contribution in [2.24, 2.45) is 0 Å². The molecule has 0 saturated heterocycles. The fraction of sp³-hybridized carbons (Fsp3) is 0.529. The van der Waals surface area contributed by atoms with Gasteiger partial charge in [-0.2, -0.15) is 0 Å². The van der Waals surface area contributed by atoms with E-state index in [0.29, 0.717) is 6.42 Å². The molecule has 0 unspecified atom stereocenters. The number of carbonyl (C=O) groups is 2. The fourth-order valence-electron chi connectivity index (χ4n) is 3.20. The molecule has 0 fully saturated rings. The summed E-state index contributed by atoms with van der Waals surface area (Å²) in [5, 5.41) is 3.01. The zero-order chi connectivity index (χ0) is 15.2. The molecule has 3 rings (SSSR count). The second-order valence-electron chi connectivity index (χ2n) is 7.00. The Morgan fingerprint density at radius 2 is 1.81 bits per heavy atom. The molecule has 1 aromatic carbocycles. The van der Waals surface area contributed by atoms with E-state index in [1.54, 1.807) is 0 Å². The summed E-state index contributed by atoms with van der Waals surface area (Å²) in [4.78, 5) is 26.3.